The minimum absolute atomic E-state index is 0. The summed E-state index contributed by atoms with van der Waals surface area (Å²) in [7, 11) is 7.16. The third-order valence-corrected chi connectivity index (χ3v) is 8.62. The van der Waals surface area contributed by atoms with E-state index in [1.54, 1.807) is 38.3 Å². The molecule has 2 aliphatic rings. The van der Waals surface area contributed by atoms with Crippen LogP contribution in [0, 0.1) is 0 Å². The van der Waals surface area contributed by atoms with E-state index in [2.05, 4.69) is 55.7 Å². The number of aromatic nitrogens is 3. The maximum absolute atomic E-state index is 5.73. The van der Waals surface area contributed by atoms with E-state index in [4.69, 9.17) is 34.8 Å². The maximum Gasteiger partial charge on any atom is 0.194 e. The highest BCUT2D eigenvalue weighted by Gasteiger charge is 2.19. The van der Waals surface area contributed by atoms with Gasteiger partial charge in [0.2, 0.25) is 0 Å². The van der Waals surface area contributed by atoms with Crippen molar-refractivity contribution in [3.8, 4) is 0 Å². The maximum atomic E-state index is 5.73. The lowest BCUT2D eigenvalue weighted by Crippen LogP contribution is -2.33. The van der Waals surface area contributed by atoms with Crippen LogP contribution in [0.15, 0.2) is 57.8 Å². The molecule has 0 saturated carbocycles. The van der Waals surface area contributed by atoms with Crippen molar-refractivity contribution in [2.45, 2.75) is 27.1 Å². The third-order valence-electron chi connectivity index (χ3n) is 5.97. The van der Waals surface area contributed by atoms with Gasteiger partial charge in [0.05, 0.1) is 6.54 Å². The van der Waals surface area contributed by atoms with Gasteiger partial charge in [0.15, 0.2) is 21.6 Å². The molecule has 0 unspecified atom stereocenters. The molecule has 0 aliphatic carbocycles. The van der Waals surface area contributed by atoms with Crippen LogP contribution in [0.4, 0.5) is 0 Å². The molecular weight excluding hydrogens is 661 g/mol. The number of guanidine groups is 2. The van der Waals surface area contributed by atoms with Crippen molar-refractivity contribution < 1.29 is 0 Å². The number of hydrogen-bond acceptors (Lipinski definition) is 8. The minimum Gasteiger partial charge on any atom is -0.359 e. The van der Waals surface area contributed by atoms with Gasteiger partial charge in [0, 0.05) is 90.1 Å². The Hall–Kier alpha value is -2.84. The average molecular weight is 701 g/mol. The third kappa shape index (κ3) is 12.6. The zero-order valence-corrected chi connectivity index (χ0v) is 28.4. The van der Waals surface area contributed by atoms with Crippen molar-refractivity contribution in [3.63, 3.8) is 0 Å². The summed E-state index contributed by atoms with van der Waals surface area (Å²) in [5, 5.41) is 11.4. The molecular formula is C28H40Cl3N11S2. The number of thioether (sulfide) groups is 1. The first-order valence-corrected chi connectivity index (χ1v) is 16.3. The lowest BCUT2D eigenvalue weighted by atomic mass is 10.3. The largest absolute Gasteiger partial charge is 0.359 e. The van der Waals surface area contributed by atoms with Gasteiger partial charge >= 0.3 is 0 Å². The number of amidine groups is 1. The van der Waals surface area contributed by atoms with E-state index in [9.17, 15) is 0 Å². The van der Waals surface area contributed by atoms with Gasteiger partial charge in [-0.3, -0.25) is 15.0 Å². The summed E-state index contributed by atoms with van der Waals surface area (Å²) in [5.74, 6) is 2.82. The standard InChI is InChI=1S/C10H13ClN4.C10H12ClN3S.C7H11ClN4S.CH4/c1-12-10-13-4-5-15(10)7-8-2-3-9(11)14-6-8;1-12-10-14(4-5-15-10)7-8-2-3-9(11)13-6-8;1-9-7(10-2)12-4-5-3-11-6(8)13-5;/h2-3,6H,4-5,7H2,1H3,(H,12,13);2-3,6H,4-5,7H2,1H3;3H,4H2,1-2H3,(H2,9,10,12);1H4. The molecule has 3 N–H and O–H groups in total. The predicted octanol–water partition coefficient (Wildman–Crippen LogP) is 5.12. The van der Waals surface area contributed by atoms with Crippen molar-refractivity contribution in [3.05, 3.63) is 73.6 Å². The van der Waals surface area contributed by atoms with Gasteiger partial charge in [-0.2, -0.15) is 0 Å². The van der Waals surface area contributed by atoms with Crippen LogP contribution in [0.2, 0.25) is 14.8 Å². The lowest BCUT2D eigenvalue weighted by molar-refractivity contribution is 0.456. The summed E-state index contributed by atoms with van der Waals surface area (Å²) >= 11 is 20.4. The molecule has 3 aromatic heterocycles. The lowest BCUT2D eigenvalue weighted by Gasteiger charge is -2.17. The van der Waals surface area contributed by atoms with Crippen LogP contribution < -0.4 is 16.0 Å². The van der Waals surface area contributed by atoms with Gasteiger partial charge < -0.3 is 25.8 Å². The number of halogens is 3. The molecule has 0 atom stereocenters. The number of aliphatic imine (C=N–C) groups is 3. The van der Waals surface area contributed by atoms with Crippen molar-refractivity contribution >= 4 is 75.0 Å². The van der Waals surface area contributed by atoms with E-state index < -0.39 is 0 Å². The predicted molar refractivity (Wildman–Crippen MR) is 190 cm³/mol. The molecule has 5 rings (SSSR count). The van der Waals surface area contributed by atoms with Gasteiger partial charge in [-0.1, -0.05) is 66.1 Å². The van der Waals surface area contributed by atoms with Crippen LogP contribution >= 0.6 is 57.9 Å². The Morgan fingerprint density at radius 3 is 2.07 bits per heavy atom. The van der Waals surface area contributed by atoms with Crippen LogP contribution in [-0.2, 0) is 19.6 Å². The molecule has 0 aromatic carbocycles. The summed E-state index contributed by atoms with van der Waals surface area (Å²) in [6.45, 7) is 5.37. The van der Waals surface area contributed by atoms with E-state index in [1.165, 1.54) is 16.9 Å². The Morgan fingerprint density at radius 2 is 1.57 bits per heavy atom. The zero-order chi connectivity index (χ0) is 31.0. The molecule has 0 bridgehead atoms. The molecule has 5 heterocycles. The molecule has 2 fully saturated rings. The van der Waals surface area contributed by atoms with E-state index in [0.29, 0.717) is 21.3 Å². The quantitative estimate of drug-likeness (QED) is 0.183. The van der Waals surface area contributed by atoms with E-state index in [-0.39, 0.29) is 7.43 Å². The van der Waals surface area contributed by atoms with Crippen molar-refractivity contribution in [2.24, 2.45) is 15.0 Å². The van der Waals surface area contributed by atoms with E-state index >= 15 is 0 Å². The van der Waals surface area contributed by atoms with Gasteiger partial charge in [-0.05, 0) is 23.3 Å². The molecule has 0 amide bonds. The first-order chi connectivity index (χ1) is 20.8. The van der Waals surface area contributed by atoms with E-state index in [1.807, 2.05) is 44.6 Å². The molecule has 44 heavy (non-hydrogen) atoms. The monoisotopic (exact) mass is 699 g/mol. The fourth-order valence-electron chi connectivity index (χ4n) is 3.94. The normalized spacial score (nSPS) is 16.0. The average Bonchev–Trinajstić information content (AvgIpc) is 3.78. The highest BCUT2D eigenvalue weighted by Crippen LogP contribution is 2.20. The van der Waals surface area contributed by atoms with Crippen LogP contribution in [0.25, 0.3) is 0 Å². The number of nitrogens with zero attached hydrogens (tertiary/aromatic N) is 8. The van der Waals surface area contributed by atoms with Crippen LogP contribution in [-0.4, -0.2) is 95.4 Å². The summed E-state index contributed by atoms with van der Waals surface area (Å²) in [5.41, 5.74) is 2.31. The number of rotatable bonds is 6. The number of nitrogens with one attached hydrogen (secondary N) is 3. The first kappa shape index (κ1) is 37.3. The topological polar surface area (TPSA) is 118 Å². The second kappa shape index (κ2) is 20.2. The Bertz CT molecular complexity index is 1280. The molecule has 16 heteroatoms. The summed E-state index contributed by atoms with van der Waals surface area (Å²) < 4.78 is 0.566. The minimum atomic E-state index is 0. The molecule has 2 aliphatic heterocycles. The number of pyridine rings is 2. The smallest absolute Gasteiger partial charge is 0.194 e. The fourth-order valence-corrected chi connectivity index (χ4v) is 6.04. The van der Waals surface area contributed by atoms with Crippen LogP contribution in [0.5, 0.6) is 0 Å². The summed E-state index contributed by atoms with van der Waals surface area (Å²) in [4.78, 5) is 30.0. The van der Waals surface area contributed by atoms with Gasteiger partial charge in [-0.15, -0.1) is 11.3 Å². The molecule has 0 radical (unpaired) electrons. The highest BCUT2D eigenvalue weighted by atomic mass is 35.5. The fraction of sp³-hybridized carbons (Fsp3) is 0.429. The van der Waals surface area contributed by atoms with Crippen molar-refractivity contribution in [1.29, 1.82) is 0 Å². The summed E-state index contributed by atoms with van der Waals surface area (Å²) in [6.07, 6.45) is 5.37. The van der Waals surface area contributed by atoms with Crippen molar-refractivity contribution in [1.82, 2.24) is 40.7 Å². The van der Waals surface area contributed by atoms with Gasteiger partial charge in [-0.25, -0.2) is 15.0 Å². The second-order valence-electron chi connectivity index (χ2n) is 8.91. The summed E-state index contributed by atoms with van der Waals surface area (Å²) in [6, 6.07) is 7.62. The molecule has 240 valence electrons. The molecule has 3 aromatic rings. The Balaban J connectivity index is 0.000000228. The number of hydrogen-bond donors (Lipinski definition) is 3. The SMILES string of the molecule is C.CN=C(NC)NCc1cnc(Cl)s1.CN=C1NCCN1Cc1ccc(Cl)nc1.CN=C1SCCN1Cc1ccc(Cl)nc1. The Morgan fingerprint density at radius 1 is 0.909 bits per heavy atom. The zero-order valence-electron chi connectivity index (χ0n) is 24.5. The van der Waals surface area contributed by atoms with E-state index in [0.717, 1.165) is 66.0 Å². The Kier molecular flexibility index (Phi) is 17.2. The molecule has 0 spiro atoms. The second-order valence-corrected chi connectivity index (χ2v) is 12.4. The first-order valence-electron chi connectivity index (χ1n) is 13.3. The van der Waals surface area contributed by atoms with Gasteiger partial charge in [0.25, 0.3) is 0 Å². The van der Waals surface area contributed by atoms with Gasteiger partial charge in [0.1, 0.15) is 10.3 Å². The Labute approximate surface area is 283 Å². The van der Waals surface area contributed by atoms with Crippen LogP contribution in [0.3, 0.4) is 0 Å². The molecule has 11 nitrogen and oxygen atoms in total. The molecule has 2 saturated heterocycles. The highest BCUT2D eigenvalue weighted by molar-refractivity contribution is 8.14. The number of thiazole rings is 1. The van der Waals surface area contributed by atoms with Crippen LogP contribution in [0.1, 0.15) is 23.4 Å². The van der Waals surface area contributed by atoms with Crippen molar-refractivity contribution in [2.75, 3.05) is 53.6 Å².